The quantitative estimate of drug-likeness (QED) is 0.482. The van der Waals surface area contributed by atoms with Crippen LogP contribution in [0.1, 0.15) is 10.4 Å². The van der Waals surface area contributed by atoms with Crippen LogP contribution in [0.4, 0.5) is 5.69 Å². The van der Waals surface area contributed by atoms with Crippen LogP contribution in [0.15, 0.2) is 52.3 Å². The first-order chi connectivity index (χ1) is 17.6. The second-order valence-corrected chi connectivity index (χ2v) is 12.8. The van der Waals surface area contributed by atoms with E-state index < -0.39 is 26.0 Å². The van der Waals surface area contributed by atoms with E-state index >= 15 is 0 Å². The summed E-state index contributed by atoms with van der Waals surface area (Å²) in [6.07, 6.45) is 0. The van der Waals surface area contributed by atoms with Crippen LogP contribution in [0.3, 0.4) is 0 Å². The van der Waals surface area contributed by atoms with E-state index in [0.29, 0.717) is 32.1 Å². The van der Waals surface area contributed by atoms with E-state index in [1.807, 2.05) is 0 Å². The van der Waals surface area contributed by atoms with Gasteiger partial charge < -0.3 is 14.8 Å². The van der Waals surface area contributed by atoms with Gasteiger partial charge in [-0.1, -0.05) is 11.6 Å². The second-order valence-electron chi connectivity index (χ2n) is 8.11. The summed E-state index contributed by atoms with van der Waals surface area (Å²) in [4.78, 5) is 12.6. The number of benzene rings is 2. The summed E-state index contributed by atoms with van der Waals surface area (Å²) in [6, 6.07) is 9.80. The van der Waals surface area contributed by atoms with Crippen LogP contribution < -0.4 is 10.6 Å². The molecular weight excluding hydrogens is 564 g/mol. The molecule has 1 amide bonds. The van der Waals surface area contributed by atoms with E-state index in [1.165, 1.54) is 51.1 Å². The number of carbonyl (C=O) groups excluding carboxylic acids is 1. The molecule has 0 spiro atoms. The fraction of sp³-hybridized carbons (Fsp3) is 0.364. The molecule has 2 aromatic carbocycles. The predicted octanol–water partition coefficient (Wildman–Crippen LogP) is 1.51. The normalized spacial score (nSPS) is 17.8. The van der Waals surface area contributed by atoms with Crippen molar-refractivity contribution in [2.75, 3.05) is 57.9 Å². The minimum atomic E-state index is -3.85. The molecule has 0 unspecified atom stereocenters. The molecular formula is C22H25ClN4O7S3. The Morgan fingerprint density at radius 3 is 1.95 bits per heavy atom. The lowest BCUT2D eigenvalue weighted by Gasteiger charge is -2.26. The van der Waals surface area contributed by atoms with Gasteiger partial charge in [-0.15, -0.1) is 0 Å². The van der Waals surface area contributed by atoms with Gasteiger partial charge in [0.2, 0.25) is 20.0 Å². The smallest absolute Gasteiger partial charge is 0.257 e. The average molecular weight is 589 g/mol. The lowest BCUT2D eigenvalue weighted by molar-refractivity contribution is 0.0730. The van der Waals surface area contributed by atoms with Crippen LogP contribution >= 0.6 is 23.8 Å². The Bertz CT molecular complexity index is 1370. The molecule has 11 nitrogen and oxygen atoms in total. The zero-order valence-corrected chi connectivity index (χ0v) is 22.8. The Labute approximate surface area is 225 Å². The molecule has 2 aliphatic rings. The van der Waals surface area contributed by atoms with E-state index in [-0.39, 0.29) is 51.7 Å². The number of nitrogens with one attached hydrogen (secondary N) is 2. The van der Waals surface area contributed by atoms with Gasteiger partial charge in [0.25, 0.3) is 5.91 Å². The highest BCUT2D eigenvalue weighted by molar-refractivity contribution is 7.89. The van der Waals surface area contributed by atoms with Crippen LogP contribution in [0.2, 0.25) is 5.02 Å². The van der Waals surface area contributed by atoms with Gasteiger partial charge in [0.15, 0.2) is 5.11 Å². The molecule has 0 aromatic heterocycles. The van der Waals surface area contributed by atoms with Crippen molar-refractivity contribution in [2.24, 2.45) is 0 Å². The third-order valence-electron chi connectivity index (χ3n) is 5.73. The molecule has 2 N–H and O–H groups in total. The lowest BCUT2D eigenvalue weighted by Crippen LogP contribution is -2.40. The van der Waals surface area contributed by atoms with Crippen LogP contribution in [0, 0.1) is 0 Å². The minimum absolute atomic E-state index is 0.0547. The summed E-state index contributed by atoms with van der Waals surface area (Å²) >= 11 is 11.4. The molecule has 2 aromatic rings. The van der Waals surface area contributed by atoms with Gasteiger partial charge >= 0.3 is 0 Å². The Balaban J connectivity index is 1.41. The molecule has 0 radical (unpaired) electrons. The summed E-state index contributed by atoms with van der Waals surface area (Å²) in [5.74, 6) is -0.567. The number of thiocarbonyl (C=S) groups is 1. The number of anilines is 1. The van der Waals surface area contributed by atoms with Gasteiger partial charge in [-0.05, 0) is 54.7 Å². The maximum absolute atomic E-state index is 13.0. The number of halogens is 1. The summed E-state index contributed by atoms with van der Waals surface area (Å²) < 4.78 is 64.6. The largest absolute Gasteiger partial charge is 0.379 e. The van der Waals surface area contributed by atoms with Gasteiger partial charge in [0.1, 0.15) is 4.90 Å². The molecule has 2 aliphatic heterocycles. The van der Waals surface area contributed by atoms with Crippen molar-refractivity contribution < 1.29 is 31.1 Å². The summed E-state index contributed by atoms with van der Waals surface area (Å²) in [6.45, 7) is 2.23. The Kier molecular flexibility index (Phi) is 8.81. The molecule has 0 atom stereocenters. The molecule has 2 heterocycles. The topological polar surface area (TPSA) is 134 Å². The van der Waals surface area contributed by atoms with Crippen LogP contribution in [0.25, 0.3) is 0 Å². The van der Waals surface area contributed by atoms with Crippen molar-refractivity contribution in [2.45, 2.75) is 9.79 Å². The molecule has 0 bridgehead atoms. The van der Waals surface area contributed by atoms with Crippen molar-refractivity contribution >= 4 is 60.6 Å². The molecule has 0 aliphatic carbocycles. The van der Waals surface area contributed by atoms with E-state index in [0.717, 1.165) is 0 Å². The third-order valence-corrected chi connectivity index (χ3v) is 10.2. The van der Waals surface area contributed by atoms with Gasteiger partial charge in [-0.3, -0.25) is 10.1 Å². The van der Waals surface area contributed by atoms with Gasteiger partial charge in [0, 0.05) is 37.4 Å². The Morgan fingerprint density at radius 1 is 0.838 bits per heavy atom. The zero-order valence-electron chi connectivity index (χ0n) is 19.6. The van der Waals surface area contributed by atoms with Crippen molar-refractivity contribution in [1.82, 2.24) is 13.9 Å². The number of ether oxygens (including phenoxy) is 2. The van der Waals surface area contributed by atoms with Crippen LogP contribution in [-0.4, -0.2) is 89.1 Å². The van der Waals surface area contributed by atoms with Crippen molar-refractivity contribution in [3.63, 3.8) is 0 Å². The highest BCUT2D eigenvalue weighted by atomic mass is 35.5. The number of hydrogen-bond donors (Lipinski definition) is 2. The van der Waals surface area contributed by atoms with Gasteiger partial charge in [-0.25, -0.2) is 16.8 Å². The standard InChI is InChI=1S/C22H25ClN4O7S3/c23-19-6-3-17(15-20(19)37(31,32)27-9-13-34-14-10-27)24-22(35)25-21(28)16-1-4-18(5-2-16)36(29,30)26-7-11-33-12-8-26/h1-6,15H,7-14H2,(H2,24,25,28,35). The fourth-order valence-electron chi connectivity index (χ4n) is 3.76. The number of rotatable bonds is 6. The molecule has 200 valence electrons. The van der Waals surface area contributed by atoms with Crippen molar-refractivity contribution in [3.05, 3.63) is 53.1 Å². The zero-order chi connectivity index (χ0) is 26.6. The molecule has 37 heavy (non-hydrogen) atoms. The SMILES string of the molecule is O=C(NC(=S)Nc1ccc(Cl)c(S(=O)(=O)N2CCOCC2)c1)c1ccc(S(=O)(=O)N2CCOCC2)cc1. The summed E-state index contributed by atoms with van der Waals surface area (Å²) in [5.41, 5.74) is 0.505. The van der Waals surface area contributed by atoms with Gasteiger partial charge in [0.05, 0.1) is 36.3 Å². The third kappa shape index (κ3) is 6.46. The number of morpholine rings is 2. The number of sulfonamides is 2. The summed E-state index contributed by atoms with van der Waals surface area (Å²) in [7, 11) is -7.53. The maximum Gasteiger partial charge on any atom is 0.257 e. The Morgan fingerprint density at radius 2 is 1.38 bits per heavy atom. The lowest BCUT2D eigenvalue weighted by atomic mass is 10.2. The van der Waals surface area contributed by atoms with E-state index in [2.05, 4.69) is 10.6 Å². The first-order valence-corrected chi connectivity index (χ1v) is 14.9. The number of hydrogen-bond acceptors (Lipinski definition) is 8. The molecule has 2 saturated heterocycles. The predicted molar refractivity (Wildman–Crippen MR) is 141 cm³/mol. The monoisotopic (exact) mass is 588 g/mol. The number of carbonyl (C=O) groups is 1. The highest BCUT2D eigenvalue weighted by Gasteiger charge is 2.29. The fourth-order valence-corrected chi connectivity index (χ4v) is 7.28. The molecule has 2 fully saturated rings. The number of amides is 1. The first-order valence-electron chi connectivity index (χ1n) is 11.3. The van der Waals surface area contributed by atoms with E-state index in [9.17, 15) is 21.6 Å². The summed E-state index contributed by atoms with van der Waals surface area (Å²) in [5, 5.41) is 5.26. The van der Waals surface area contributed by atoms with E-state index in [4.69, 9.17) is 33.3 Å². The van der Waals surface area contributed by atoms with Crippen LogP contribution in [0.5, 0.6) is 0 Å². The molecule has 0 saturated carbocycles. The Hall–Kier alpha value is -2.17. The van der Waals surface area contributed by atoms with Crippen molar-refractivity contribution in [1.29, 1.82) is 0 Å². The first kappa shape index (κ1) is 27.9. The second kappa shape index (κ2) is 11.7. The number of nitrogens with zero attached hydrogens (tertiary/aromatic N) is 2. The molecule has 15 heteroatoms. The van der Waals surface area contributed by atoms with E-state index in [1.54, 1.807) is 0 Å². The van der Waals surface area contributed by atoms with Gasteiger partial charge in [-0.2, -0.15) is 8.61 Å². The highest BCUT2D eigenvalue weighted by Crippen LogP contribution is 2.28. The minimum Gasteiger partial charge on any atom is -0.379 e. The van der Waals surface area contributed by atoms with Crippen LogP contribution in [-0.2, 0) is 29.5 Å². The average Bonchev–Trinajstić information content (AvgIpc) is 2.90. The maximum atomic E-state index is 13.0. The van der Waals surface area contributed by atoms with Crippen molar-refractivity contribution in [3.8, 4) is 0 Å². The molecule has 4 rings (SSSR count).